The van der Waals surface area contributed by atoms with Gasteiger partial charge in [-0.15, -0.1) is 0 Å². The van der Waals surface area contributed by atoms with Crippen LogP contribution < -0.4 is 10.6 Å². The zero-order valence-electron chi connectivity index (χ0n) is 15.2. The first-order valence-corrected chi connectivity index (χ1v) is 9.30. The van der Waals surface area contributed by atoms with E-state index in [0.717, 1.165) is 11.1 Å². The van der Waals surface area contributed by atoms with Crippen molar-refractivity contribution in [1.29, 1.82) is 0 Å². The van der Waals surface area contributed by atoms with Crippen molar-refractivity contribution in [1.82, 2.24) is 15.6 Å². The number of rotatable bonds is 7. The molecule has 5 nitrogen and oxygen atoms in total. The van der Waals surface area contributed by atoms with E-state index in [1.54, 1.807) is 6.07 Å². The van der Waals surface area contributed by atoms with Gasteiger partial charge in [0.1, 0.15) is 5.69 Å². The lowest BCUT2D eigenvalue weighted by molar-refractivity contribution is 0.0949. The summed E-state index contributed by atoms with van der Waals surface area (Å²) < 4.78 is 0. The Morgan fingerprint density at radius 2 is 1.64 bits per heavy atom. The van der Waals surface area contributed by atoms with Gasteiger partial charge in [0, 0.05) is 29.9 Å². The first-order valence-electron chi connectivity index (χ1n) is 8.92. The molecule has 0 radical (unpaired) electrons. The maximum absolute atomic E-state index is 12.3. The third-order valence-corrected chi connectivity index (χ3v) is 4.37. The molecule has 0 aliphatic carbocycles. The molecule has 3 rings (SSSR count). The molecule has 0 aliphatic rings. The first kappa shape index (κ1) is 19.6. The summed E-state index contributed by atoms with van der Waals surface area (Å²) in [7, 11) is 0. The van der Waals surface area contributed by atoms with Gasteiger partial charge in [-0.2, -0.15) is 0 Å². The van der Waals surface area contributed by atoms with Gasteiger partial charge in [0.25, 0.3) is 11.8 Å². The molecule has 1 aromatic heterocycles. The highest BCUT2D eigenvalue weighted by molar-refractivity contribution is 6.30. The standard InChI is InChI=1S/C22H20ClN3O2/c23-19-8-4-7-16(13-19)9-11-25-22(28)20-14-18(10-12-24-20)21(27)26-15-17-5-2-1-3-6-17/h1-8,10,12-14H,9,11,15H2,(H,25,28)(H,26,27). The van der Waals surface area contributed by atoms with E-state index in [-0.39, 0.29) is 17.5 Å². The number of hydrogen-bond donors (Lipinski definition) is 2. The predicted molar refractivity (Wildman–Crippen MR) is 109 cm³/mol. The van der Waals surface area contributed by atoms with E-state index in [1.165, 1.54) is 12.3 Å². The molecule has 28 heavy (non-hydrogen) atoms. The molecule has 142 valence electrons. The molecule has 0 aliphatic heterocycles. The quantitative estimate of drug-likeness (QED) is 0.643. The van der Waals surface area contributed by atoms with Crippen LogP contribution in [0.5, 0.6) is 0 Å². The third-order valence-electron chi connectivity index (χ3n) is 4.14. The van der Waals surface area contributed by atoms with Crippen LogP contribution in [0.2, 0.25) is 5.02 Å². The zero-order chi connectivity index (χ0) is 19.8. The molecule has 0 spiro atoms. The van der Waals surface area contributed by atoms with Crippen molar-refractivity contribution in [3.05, 3.63) is 100 Å². The Hall–Kier alpha value is -3.18. The molecule has 0 saturated carbocycles. The number of aromatic nitrogens is 1. The molecule has 0 unspecified atom stereocenters. The molecule has 0 saturated heterocycles. The summed E-state index contributed by atoms with van der Waals surface area (Å²) in [6.07, 6.45) is 2.12. The van der Waals surface area contributed by atoms with Crippen molar-refractivity contribution in [3.63, 3.8) is 0 Å². The van der Waals surface area contributed by atoms with E-state index in [9.17, 15) is 9.59 Å². The third kappa shape index (κ3) is 5.66. The van der Waals surface area contributed by atoms with Crippen molar-refractivity contribution in [3.8, 4) is 0 Å². The predicted octanol–water partition coefficient (Wildman–Crippen LogP) is 3.64. The van der Waals surface area contributed by atoms with Gasteiger partial charge < -0.3 is 10.6 Å². The van der Waals surface area contributed by atoms with Crippen LogP contribution in [0.15, 0.2) is 72.9 Å². The number of nitrogens with one attached hydrogen (secondary N) is 2. The molecule has 6 heteroatoms. The number of amides is 2. The minimum atomic E-state index is -0.320. The van der Waals surface area contributed by atoms with E-state index < -0.39 is 0 Å². The van der Waals surface area contributed by atoms with Crippen molar-refractivity contribution >= 4 is 23.4 Å². The van der Waals surface area contributed by atoms with E-state index in [4.69, 9.17) is 11.6 Å². The average Bonchev–Trinajstić information content (AvgIpc) is 2.73. The minimum absolute atomic E-state index is 0.207. The number of halogens is 1. The monoisotopic (exact) mass is 393 g/mol. The second kappa shape index (κ2) is 9.67. The average molecular weight is 394 g/mol. The normalized spacial score (nSPS) is 10.3. The van der Waals surface area contributed by atoms with Gasteiger partial charge in [-0.25, -0.2) is 0 Å². The van der Waals surface area contributed by atoms with Gasteiger partial charge in [0.15, 0.2) is 0 Å². The van der Waals surface area contributed by atoms with E-state index in [0.29, 0.717) is 30.1 Å². The van der Waals surface area contributed by atoms with Crippen LogP contribution in [-0.4, -0.2) is 23.3 Å². The van der Waals surface area contributed by atoms with Crippen molar-refractivity contribution in [2.45, 2.75) is 13.0 Å². The number of carbonyl (C=O) groups excluding carboxylic acids is 2. The molecule has 0 atom stereocenters. The van der Waals surface area contributed by atoms with Gasteiger partial charge in [0.2, 0.25) is 0 Å². The Kier molecular flexibility index (Phi) is 6.76. The minimum Gasteiger partial charge on any atom is -0.350 e. The fraction of sp³-hybridized carbons (Fsp3) is 0.136. The van der Waals surface area contributed by atoms with Gasteiger partial charge in [-0.1, -0.05) is 54.1 Å². The summed E-state index contributed by atoms with van der Waals surface area (Å²) >= 11 is 5.96. The molecule has 2 aromatic carbocycles. The number of benzene rings is 2. The number of nitrogens with zero attached hydrogens (tertiary/aromatic N) is 1. The summed E-state index contributed by atoms with van der Waals surface area (Å²) in [6.45, 7) is 0.869. The number of carbonyl (C=O) groups is 2. The maximum Gasteiger partial charge on any atom is 0.269 e. The Balaban J connectivity index is 1.54. The molecule has 2 N–H and O–H groups in total. The van der Waals surface area contributed by atoms with Crippen LogP contribution in [0, 0.1) is 0 Å². The summed E-state index contributed by atoms with van der Waals surface area (Å²) in [6, 6.07) is 20.2. The fourth-order valence-corrected chi connectivity index (χ4v) is 2.89. The Morgan fingerprint density at radius 1 is 0.857 bits per heavy atom. The Morgan fingerprint density at radius 3 is 2.43 bits per heavy atom. The highest BCUT2D eigenvalue weighted by atomic mass is 35.5. The van der Waals surface area contributed by atoms with E-state index in [2.05, 4.69) is 15.6 Å². The van der Waals surface area contributed by atoms with E-state index >= 15 is 0 Å². The summed E-state index contributed by atoms with van der Waals surface area (Å²) in [5.41, 5.74) is 2.64. The van der Waals surface area contributed by atoms with Crippen LogP contribution in [-0.2, 0) is 13.0 Å². The first-order chi connectivity index (χ1) is 13.6. The van der Waals surface area contributed by atoms with Gasteiger partial charge in [-0.05, 0) is 41.8 Å². The highest BCUT2D eigenvalue weighted by Gasteiger charge is 2.11. The van der Waals surface area contributed by atoms with Gasteiger partial charge in [0.05, 0.1) is 0 Å². The second-order valence-corrected chi connectivity index (χ2v) is 6.67. The summed E-state index contributed by atoms with van der Waals surface area (Å²) in [5.74, 6) is -0.570. The Bertz CT molecular complexity index is 961. The highest BCUT2D eigenvalue weighted by Crippen LogP contribution is 2.11. The zero-order valence-corrected chi connectivity index (χ0v) is 15.9. The topological polar surface area (TPSA) is 71.1 Å². The van der Waals surface area contributed by atoms with Crippen LogP contribution in [0.25, 0.3) is 0 Å². The lowest BCUT2D eigenvalue weighted by atomic mass is 10.1. The van der Waals surface area contributed by atoms with Crippen molar-refractivity contribution < 1.29 is 9.59 Å². The van der Waals surface area contributed by atoms with E-state index in [1.807, 2.05) is 54.6 Å². The Labute approximate surface area is 168 Å². The summed E-state index contributed by atoms with van der Waals surface area (Å²) in [4.78, 5) is 28.7. The molecular formula is C22H20ClN3O2. The fourth-order valence-electron chi connectivity index (χ4n) is 2.68. The van der Waals surface area contributed by atoms with Crippen LogP contribution in [0.3, 0.4) is 0 Å². The molecule has 0 fully saturated rings. The maximum atomic E-state index is 12.3. The number of hydrogen-bond acceptors (Lipinski definition) is 3. The van der Waals surface area contributed by atoms with Gasteiger partial charge >= 0.3 is 0 Å². The second-order valence-electron chi connectivity index (χ2n) is 6.23. The SMILES string of the molecule is O=C(NCc1ccccc1)c1ccnc(C(=O)NCCc2cccc(Cl)c2)c1. The van der Waals surface area contributed by atoms with Crippen molar-refractivity contribution in [2.75, 3.05) is 6.54 Å². The van der Waals surface area contributed by atoms with Gasteiger partial charge in [-0.3, -0.25) is 14.6 Å². The van der Waals surface area contributed by atoms with Crippen LogP contribution >= 0.6 is 11.6 Å². The van der Waals surface area contributed by atoms with Crippen LogP contribution in [0.4, 0.5) is 0 Å². The molecule has 3 aromatic rings. The smallest absolute Gasteiger partial charge is 0.269 e. The molecular weight excluding hydrogens is 374 g/mol. The molecule has 1 heterocycles. The largest absolute Gasteiger partial charge is 0.350 e. The molecule has 0 bridgehead atoms. The van der Waals surface area contributed by atoms with Crippen LogP contribution in [0.1, 0.15) is 32.0 Å². The summed E-state index contributed by atoms with van der Waals surface area (Å²) in [5, 5.41) is 6.32. The lowest BCUT2D eigenvalue weighted by Gasteiger charge is -2.08. The molecule has 2 amide bonds. The van der Waals surface area contributed by atoms with Crippen molar-refractivity contribution in [2.24, 2.45) is 0 Å². The number of pyridine rings is 1. The lowest BCUT2D eigenvalue weighted by Crippen LogP contribution is -2.27.